The van der Waals surface area contributed by atoms with E-state index in [9.17, 15) is 23.7 Å². The fraction of sp³-hybridized carbons (Fsp3) is 0.477. The third-order valence-electron chi connectivity index (χ3n) is 13.2. The number of anilines is 5. The number of aromatic nitrogens is 3. The number of methoxy groups -OCH3 is 1. The Morgan fingerprint density at radius 1 is 0.905 bits per heavy atom. The molecule has 4 amide bonds. The topological polar surface area (TPSA) is 186 Å². The third kappa shape index (κ3) is 8.93. The Morgan fingerprint density at radius 2 is 1.67 bits per heavy atom. The van der Waals surface area contributed by atoms with Gasteiger partial charge < -0.3 is 34.6 Å². The van der Waals surface area contributed by atoms with Crippen molar-refractivity contribution in [2.24, 2.45) is 17.8 Å². The molecule has 5 fully saturated rings. The molecule has 3 aromatic rings. The molecule has 3 atom stereocenters. The summed E-state index contributed by atoms with van der Waals surface area (Å²) in [6.07, 6.45) is 12.8. The molecular weight excluding hydrogens is 845 g/mol. The van der Waals surface area contributed by atoms with Crippen LogP contribution in [0.3, 0.4) is 0 Å². The lowest BCUT2D eigenvalue weighted by Gasteiger charge is -2.47. The van der Waals surface area contributed by atoms with E-state index in [1.54, 1.807) is 38.9 Å². The molecule has 5 aliphatic heterocycles. The minimum atomic E-state index is -2.59. The first-order valence-electron chi connectivity index (χ1n) is 21.6. The van der Waals surface area contributed by atoms with Crippen LogP contribution in [0.2, 0.25) is 5.02 Å². The van der Waals surface area contributed by atoms with Gasteiger partial charge in [0, 0.05) is 106 Å². The summed E-state index contributed by atoms with van der Waals surface area (Å²) in [5.74, 6) is -1.00. The summed E-state index contributed by atoms with van der Waals surface area (Å²) < 4.78 is 18.7. The van der Waals surface area contributed by atoms with Gasteiger partial charge in [-0.2, -0.15) is 4.98 Å². The van der Waals surface area contributed by atoms with Gasteiger partial charge in [0.05, 0.1) is 42.7 Å². The highest BCUT2D eigenvalue weighted by atomic mass is 35.5. The molecule has 3 N–H and O–H groups in total. The molecule has 19 heteroatoms. The molecule has 63 heavy (non-hydrogen) atoms. The fourth-order valence-electron chi connectivity index (χ4n) is 9.76. The number of carbonyl (C=O) groups excluding carboxylic acids is 4. The molecule has 9 rings (SSSR count). The van der Waals surface area contributed by atoms with Crippen molar-refractivity contribution < 1.29 is 28.5 Å². The number of amides is 4. The van der Waals surface area contributed by atoms with E-state index < -0.39 is 30.9 Å². The van der Waals surface area contributed by atoms with Gasteiger partial charge in [-0.1, -0.05) is 17.7 Å². The lowest BCUT2D eigenvalue weighted by atomic mass is 9.88. The number of carbonyl (C=O) groups is 4. The highest BCUT2D eigenvalue weighted by Crippen LogP contribution is 2.40. The van der Waals surface area contributed by atoms with Crippen molar-refractivity contribution >= 4 is 76.5 Å². The molecule has 332 valence electrons. The third-order valence-corrected chi connectivity index (χ3v) is 15.0. The summed E-state index contributed by atoms with van der Waals surface area (Å²) in [4.78, 5) is 74.8. The number of piperazine rings is 1. The van der Waals surface area contributed by atoms with Gasteiger partial charge in [-0.15, -0.1) is 0 Å². The van der Waals surface area contributed by atoms with Gasteiger partial charge in [0.2, 0.25) is 29.6 Å². The van der Waals surface area contributed by atoms with Gasteiger partial charge in [-0.25, -0.2) is 4.98 Å². The van der Waals surface area contributed by atoms with E-state index in [0.29, 0.717) is 51.2 Å². The molecule has 17 nitrogen and oxygen atoms in total. The number of nitrogens with zero attached hydrogens (tertiary/aromatic N) is 8. The molecule has 0 bridgehead atoms. The minimum absolute atomic E-state index is 0.114. The van der Waals surface area contributed by atoms with Crippen LogP contribution in [0.4, 0.5) is 28.8 Å². The molecule has 1 aliphatic carbocycles. The fourth-order valence-corrected chi connectivity index (χ4v) is 11.0. The van der Waals surface area contributed by atoms with Crippen LogP contribution < -0.4 is 30.9 Å². The number of allylic oxidation sites excluding steroid dienone is 1. The standard InChI is InChI=1S/C44H53ClN11O6P/c1-62-37-21-30(5-7-34(37)49-44-47-22-33(45)40(51-44)48-35-23-46-13-10-38(35)63(2,3)61)53-14-11-28(12-15-53)54-18-16-52(17-19-54)24-27-25-55(26-27)29-4-6-31-32(20-29)43(60)56(42(31)59)36-8-9-39(57)50-41(36)58/h4-7,10,13,20-23,27-28,31-32,36H,8-9,11-12,14-19,24-26H2,1-3H3,(H,50,57,58)(H2,47,48,49,51). The van der Waals surface area contributed by atoms with E-state index in [-0.39, 0.29) is 30.6 Å². The van der Waals surface area contributed by atoms with Crippen LogP contribution in [0.5, 0.6) is 5.75 Å². The summed E-state index contributed by atoms with van der Waals surface area (Å²) in [6, 6.07) is 7.47. The average Bonchev–Trinajstić information content (AvgIpc) is 3.51. The zero-order chi connectivity index (χ0) is 44.0. The maximum atomic E-state index is 13.4. The van der Waals surface area contributed by atoms with Gasteiger partial charge in [0.15, 0.2) is 5.82 Å². The number of nitrogens with one attached hydrogen (secondary N) is 3. The van der Waals surface area contributed by atoms with Crippen LogP contribution in [0.15, 0.2) is 66.8 Å². The minimum Gasteiger partial charge on any atom is -0.494 e. The molecule has 5 saturated heterocycles. The summed E-state index contributed by atoms with van der Waals surface area (Å²) in [5.41, 5.74) is 3.34. The van der Waals surface area contributed by atoms with Crippen molar-refractivity contribution in [2.45, 2.75) is 37.8 Å². The summed E-state index contributed by atoms with van der Waals surface area (Å²) in [7, 11) is -0.944. The van der Waals surface area contributed by atoms with E-state index in [4.69, 9.17) is 16.3 Å². The number of benzene rings is 1. The van der Waals surface area contributed by atoms with Gasteiger partial charge in [-0.05, 0) is 62.9 Å². The maximum absolute atomic E-state index is 13.4. The molecule has 0 radical (unpaired) electrons. The van der Waals surface area contributed by atoms with Crippen LogP contribution in [-0.4, -0.2) is 150 Å². The first kappa shape index (κ1) is 42.9. The molecular formula is C44H53ClN11O6P. The van der Waals surface area contributed by atoms with Crippen molar-refractivity contribution in [3.63, 3.8) is 0 Å². The lowest BCUT2D eigenvalue weighted by molar-refractivity contribution is -0.151. The zero-order valence-corrected chi connectivity index (χ0v) is 37.4. The van der Waals surface area contributed by atoms with Gasteiger partial charge >= 0.3 is 0 Å². The van der Waals surface area contributed by atoms with Gasteiger partial charge in [-0.3, -0.25) is 39.3 Å². The predicted octanol–water partition coefficient (Wildman–Crippen LogP) is 3.65. The Kier molecular flexibility index (Phi) is 12.0. The maximum Gasteiger partial charge on any atom is 0.249 e. The van der Waals surface area contributed by atoms with Crippen molar-refractivity contribution in [3.05, 3.63) is 71.8 Å². The second-order valence-corrected chi connectivity index (χ2v) is 21.2. The molecule has 7 heterocycles. The molecule has 0 saturated carbocycles. The average molecular weight is 898 g/mol. The highest BCUT2D eigenvalue weighted by Gasteiger charge is 2.52. The van der Waals surface area contributed by atoms with Crippen molar-refractivity contribution in [1.82, 2.24) is 39.9 Å². The number of hydrogen-bond donors (Lipinski definition) is 3. The number of likely N-dealkylation sites (tertiary alicyclic amines) is 2. The number of hydrogen-bond acceptors (Lipinski definition) is 15. The van der Waals surface area contributed by atoms with E-state index in [0.717, 1.165) is 88.0 Å². The van der Waals surface area contributed by atoms with E-state index >= 15 is 0 Å². The van der Waals surface area contributed by atoms with Crippen LogP contribution in [0.1, 0.15) is 25.7 Å². The van der Waals surface area contributed by atoms with Crippen LogP contribution in [0, 0.1) is 17.8 Å². The second kappa shape index (κ2) is 17.7. The SMILES string of the molecule is COc1cc(N2CCC(N3CCN(CC4CN(C5=CC6C(=O)N(C7CCC(=O)NC7=O)C(=O)C6C=C5)C4)CC3)CC2)ccc1Nc1ncc(Cl)c(Nc2cnccc2P(C)(C)=O)n1. The number of rotatable bonds is 12. The molecule has 1 aromatic carbocycles. The molecule has 0 spiro atoms. The molecule has 3 unspecified atom stereocenters. The normalized spacial score (nSPS) is 24.0. The quantitative estimate of drug-likeness (QED) is 0.177. The Hall–Kier alpha value is -5.35. The number of pyridine rings is 1. The first-order valence-corrected chi connectivity index (χ1v) is 24.6. The number of fused-ring (bicyclic) bond motifs is 1. The monoisotopic (exact) mass is 897 g/mol. The van der Waals surface area contributed by atoms with Crippen LogP contribution in [0.25, 0.3) is 0 Å². The first-order chi connectivity index (χ1) is 30.3. The summed E-state index contributed by atoms with van der Waals surface area (Å²) in [5, 5.41) is 9.69. The Labute approximate surface area is 371 Å². The van der Waals surface area contributed by atoms with Crippen LogP contribution >= 0.6 is 18.7 Å². The van der Waals surface area contributed by atoms with Crippen molar-refractivity contribution in [1.29, 1.82) is 0 Å². The summed E-state index contributed by atoms with van der Waals surface area (Å²) >= 11 is 6.47. The number of imide groups is 2. The Balaban J connectivity index is 0.724. The largest absolute Gasteiger partial charge is 0.494 e. The second-order valence-electron chi connectivity index (χ2n) is 17.6. The Bertz CT molecular complexity index is 2410. The van der Waals surface area contributed by atoms with E-state index in [2.05, 4.69) is 56.6 Å². The molecule has 2 aromatic heterocycles. The number of ether oxygens (including phenoxy) is 1. The highest BCUT2D eigenvalue weighted by molar-refractivity contribution is 7.70. The number of piperidine rings is 2. The zero-order valence-electron chi connectivity index (χ0n) is 35.7. The van der Waals surface area contributed by atoms with E-state index in [1.807, 2.05) is 30.4 Å². The Morgan fingerprint density at radius 3 is 2.40 bits per heavy atom. The van der Waals surface area contributed by atoms with Gasteiger partial charge in [0.1, 0.15) is 24.0 Å². The van der Waals surface area contributed by atoms with E-state index in [1.165, 1.54) is 6.20 Å². The van der Waals surface area contributed by atoms with Gasteiger partial charge in [0.25, 0.3) is 0 Å². The van der Waals surface area contributed by atoms with Crippen molar-refractivity contribution in [2.75, 3.05) is 94.9 Å². The summed E-state index contributed by atoms with van der Waals surface area (Å²) in [6.45, 7) is 12.3. The lowest BCUT2D eigenvalue weighted by Crippen LogP contribution is -2.56. The van der Waals surface area contributed by atoms with Crippen molar-refractivity contribution in [3.8, 4) is 5.75 Å². The molecule has 6 aliphatic rings. The number of halogens is 1. The smallest absolute Gasteiger partial charge is 0.249 e. The predicted molar refractivity (Wildman–Crippen MR) is 240 cm³/mol. The van der Waals surface area contributed by atoms with Crippen LogP contribution in [-0.2, 0) is 23.7 Å².